The van der Waals surface area contributed by atoms with E-state index in [4.69, 9.17) is 14.2 Å². The van der Waals surface area contributed by atoms with E-state index in [9.17, 15) is 44.0 Å². The van der Waals surface area contributed by atoms with Gasteiger partial charge in [0.25, 0.3) is 17.5 Å². The number of aliphatic carboxylic acids is 1. The van der Waals surface area contributed by atoms with Crippen molar-refractivity contribution in [1.82, 2.24) is 24.5 Å². The van der Waals surface area contributed by atoms with Gasteiger partial charge >= 0.3 is 24.2 Å². The SMILES string of the molecule is CN(C(=O)c1ccc(C(=NC(=O)OC(C)(C)C)N(C(=O)OC(C)(C)C)C(=O)OC(C)(C)C)cc1)[C@@](C)(C(=O)N1CCc2nn(CC(=O)O)cc2C1)c1ccc([N+](=O)[O-])cc1. The third-order valence-electron chi connectivity index (χ3n) is 8.87. The number of amides is 5. The lowest BCUT2D eigenvalue weighted by Crippen LogP contribution is -2.56. The Balaban J connectivity index is 1.78. The summed E-state index contributed by atoms with van der Waals surface area (Å²) in [6, 6.07) is 10.6. The van der Waals surface area contributed by atoms with E-state index in [-0.39, 0.29) is 42.0 Å². The molecule has 19 nitrogen and oxygen atoms in total. The number of likely N-dealkylation sites (N-methyl/N-ethyl adjacent to an activating group) is 1. The minimum absolute atomic E-state index is 0.00134. The number of non-ortho nitro benzene ring substituents is 1. The summed E-state index contributed by atoms with van der Waals surface area (Å²) in [7, 11) is 1.40. The van der Waals surface area contributed by atoms with Crippen LogP contribution in [0.4, 0.5) is 20.1 Å². The van der Waals surface area contributed by atoms with Crippen molar-refractivity contribution >= 4 is 47.6 Å². The van der Waals surface area contributed by atoms with Crippen molar-refractivity contribution in [2.45, 2.75) is 111 Å². The number of hydrogen-bond donors (Lipinski definition) is 1. The number of nitrogens with zero attached hydrogens (tertiary/aromatic N) is 7. The number of benzene rings is 2. The summed E-state index contributed by atoms with van der Waals surface area (Å²) in [5.74, 6) is -2.82. The van der Waals surface area contributed by atoms with E-state index in [1.54, 1.807) is 68.5 Å². The quantitative estimate of drug-likeness (QED) is 0.0864. The van der Waals surface area contributed by atoms with Gasteiger partial charge in [0.15, 0.2) is 5.84 Å². The lowest BCUT2D eigenvalue weighted by molar-refractivity contribution is -0.384. The number of hydrogen-bond acceptors (Lipinski definition) is 12. The Kier molecular flexibility index (Phi) is 13.3. The highest BCUT2D eigenvalue weighted by Gasteiger charge is 2.46. The van der Waals surface area contributed by atoms with Crippen LogP contribution in [0.25, 0.3) is 0 Å². The number of carboxylic acids is 1. The zero-order valence-electron chi connectivity index (χ0n) is 35.6. The number of ether oxygens (including phenoxy) is 3. The number of carbonyl (C=O) groups is 6. The molecule has 0 saturated carbocycles. The molecule has 3 aromatic rings. The molecule has 4 rings (SSSR count). The summed E-state index contributed by atoms with van der Waals surface area (Å²) in [5.41, 5.74) is -3.65. The molecular weight excluding hydrogens is 782 g/mol. The molecular formula is C41H51N7O12. The van der Waals surface area contributed by atoms with E-state index in [1.165, 1.54) is 77.0 Å². The van der Waals surface area contributed by atoms with Crippen LogP contribution in [-0.4, -0.2) is 107 Å². The lowest BCUT2D eigenvalue weighted by atomic mass is 9.87. The van der Waals surface area contributed by atoms with Crippen LogP contribution in [0.3, 0.4) is 0 Å². The standard InChI is InChI=1S/C41H51N7O12/c1-38(2,3)58-35(53)42-32(47(36(54)59-39(4,5)6)37(55)60-40(7,8)9)25-12-14-26(15-13-25)33(51)44(11)41(10,28-16-18-29(19-17-28)48(56)57)34(52)45-21-20-30-27(22-45)23-46(43-30)24-31(49)50/h12-19,23H,20-22,24H2,1-11H3,(H,49,50)/t41-/m1/s1. The van der Waals surface area contributed by atoms with E-state index < -0.39 is 69.2 Å². The predicted octanol–water partition coefficient (Wildman–Crippen LogP) is 6.30. The summed E-state index contributed by atoms with van der Waals surface area (Å²) < 4.78 is 17.7. The zero-order valence-corrected chi connectivity index (χ0v) is 35.6. The number of carboxylic acid groups (broad SMARTS) is 1. The van der Waals surface area contributed by atoms with E-state index in [1.807, 2.05) is 0 Å². The molecule has 0 bridgehead atoms. The summed E-state index contributed by atoms with van der Waals surface area (Å²) in [6.07, 6.45) is -1.72. The Morgan fingerprint density at radius 1 is 0.817 bits per heavy atom. The maximum Gasteiger partial charge on any atom is 0.436 e. The molecule has 0 aliphatic carbocycles. The topological polar surface area (TPSA) is 233 Å². The van der Waals surface area contributed by atoms with Crippen molar-refractivity contribution in [3.8, 4) is 0 Å². The molecule has 1 aliphatic rings. The molecule has 0 fully saturated rings. The van der Waals surface area contributed by atoms with Crippen molar-refractivity contribution in [2.24, 2.45) is 4.99 Å². The molecule has 1 aliphatic heterocycles. The fourth-order valence-electron chi connectivity index (χ4n) is 6.08. The van der Waals surface area contributed by atoms with Gasteiger partial charge in [-0.15, -0.1) is 0 Å². The highest BCUT2D eigenvalue weighted by atomic mass is 16.6. The number of aliphatic imine (C=N–C) groups is 1. The number of nitro benzene ring substituents is 1. The van der Waals surface area contributed by atoms with Crippen LogP contribution in [-0.2, 0) is 48.8 Å². The largest absolute Gasteiger partial charge is 0.480 e. The van der Waals surface area contributed by atoms with Crippen LogP contribution < -0.4 is 0 Å². The van der Waals surface area contributed by atoms with Gasteiger partial charge in [-0.05, 0) is 99.1 Å². The Labute approximate surface area is 347 Å². The highest BCUT2D eigenvalue weighted by Crippen LogP contribution is 2.34. The molecule has 322 valence electrons. The van der Waals surface area contributed by atoms with Gasteiger partial charge in [0.05, 0.1) is 10.6 Å². The van der Waals surface area contributed by atoms with Crippen LogP contribution in [0.15, 0.2) is 59.7 Å². The van der Waals surface area contributed by atoms with Crippen molar-refractivity contribution in [1.29, 1.82) is 0 Å². The van der Waals surface area contributed by atoms with Crippen LogP contribution in [0.1, 0.15) is 102 Å². The Morgan fingerprint density at radius 3 is 1.82 bits per heavy atom. The minimum atomic E-state index is -1.76. The van der Waals surface area contributed by atoms with Crippen LogP contribution in [0, 0.1) is 10.1 Å². The van der Waals surface area contributed by atoms with Gasteiger partial charge in [-0.2, -0.15) is 15.0 Å². The van der Waals surface area contributed by atoms with Crippen molar-refractivity contribution in [3.05, 3.63) is 92.8 Å². The van der Waals surface area contributed by atoms with Gasteiger partial charge in [-0.1, -0.05) is 12.1 Å². The van der Waals surface area contributed by atoms with Gasteiger partial charge in [-0.25, -0.2) is 14.4 Å². The van der Waals surface area contributed by atoms with Gasteiger partial charge in [-0.3, -0.25) is 29.2 Å². The monoisotopic (exact) mass is 833 g/mol. The number of fused-ring (bicyclic) bond motifs is 1. The first-order chi connectivity index (χ1) is 27.6. The number of amidine groups is 1. The number of aromatic nitrogens is 2. The predicted molar refractivity (Wildman–Crippen MR) is 215 cm³/mol. The normalized spacial score (nSPS) is 14.2. The summed E-state index contributed by atoms with van der Waals surface area (Å²) in [5, 5.41) is 25.1. The Morgan fingerprint density at radius 2 is 1.33 bits per heavy atom. The molecule has 1 N–H and O–H groups in total. The fraction of sp³-hybridized carbons (Fsp3) is 0.463. The summed E-state index contributed by atoms with van der Waals surface area (Å²) >= 11 is 0. The number of imide groups is 1. The van der Waals surface area contributed by atoms with E-state index in [2.05, 4.69) is 10.1 Å². The van der Waals surface area contributed by atoms with Crippen LogP contribution in [0.2, 0.25) is 0 Å². The van der Waals surface area contributed by atoms with Gasteiger partial charge < -0.3 is 29.1 Å². The van der Waals surface area contributed by atoms with E-state index in [0.29, 0.717) is 22.6 Å². The molecule has 0 spiro atoms. The maximum atomic E-state index is 14.7. The third-order valence-corrected chi connectivity index (χ3v) is 8.87. The molecule has 60 heavy (non-hydrogen) atoms. The molecule has 5 amide bonds. The molecule has 0 saturated heterocycles. The average Bonchev–Trinajstić information content (AvgIpc) is 3.52. The first kappa shape index (κ1) is 46.0. The second-order valence-corrected chi connectivity index (χ2v) is 17.2. The molecule has 2 heterocycles. The van der Waals surface area contributed by atoms with Crippen LogP contribution >= 0.6 is 0 Å². The van der Waals surface area contributed by atoms with Gasteiger partial charge in [0.1, 0.15) is 28.9 Å². The molecule has 1 atom stereocenters. The molecule has 0 radical (unpaired) electrons. The van der Waals surface area contributed by atoms with E-state index >= 15 is 0 Å². The molecule has 2 aromatic carbocycles. The van der Waals surface area contributed by atoms with Gasteiger partial charge in [0.2, 0.25) is 0 Å². The first-order valence-electron chi connectivity index (χ1n) is 18.9. The smallest absolute Gasteiger partial charge is 0.436 e. The summed E-state index contributed by atoms with van der Waals surface area (Å²) in [4.78, 5) is 98.9. The van der Waals surface area contributed by atoms with Crippen molar-refractivity contribution < 1.29 is 53.0 Å². The molecule has 19 heteroatoms. The summed E-state index contributed by atoms with van der Waals surface area (Å²) in [6.45, 7) is 15.6. The third kappa shape index (κ3) is 11.3. The average molecular weight is 834 g/mol. The lowest BCUT2D eigenvalue weighted by Gasteiger charge is -2.42. The van der Waals surface area contributed by atoms with Crippen LogP contribution in [0.5, 0.6) is 0 Å². The fourth-order valence-corrected chi connectivity index (χ4v) is 6.08. The molecule has 1 aromatic heterocycles. The second kappa shape index (κ2) is 17.3. The number of rotatable bonds is 8. The zero-order chi connectivity index (χ0) is 45.1. The second-order valence-electron chi connectivity index (χ2n) is 17.2. The van der Waals surface area contributed by atoms with Crippen molar-refractivity contribution in [3.63, 3.8) is 0 Å². The first-order valence-corrected chi connectivity index (χ1v) is 18.9. The molecule has 0 unspecified atom stereocenters. The number of carbonyl (C=O) groups excluding carboxylic acids is 5. The number of nitro groups is 1. The highest BCUT2D eigenvalue weighted by molar-refractivity contribution is 6.18. The maximum absolute atomic E-state index is 14.7. The van der Waals surface area contributed by atoms with Gasteiger partial charge in [0, 0.05) is 61.6 Å². The van der Waals surface area contributed by atoms with Crippen molar-refractivity contribution in [2.75, 3.05) is 13.6 Å². The Bertz CT molecular complexity index is 2170. The Hall–Kier alpha value is -6.66. The van der Waals surface area contributed by atoms with E-state index in [0.717, 1.165) is 0 Å². The minimum Gasteiger partial charge on any atom is -0.480 e.